The van der Waals surface area contributed by atoms with Crippen molar-refractivity contribution in [3.8, 4) is 6.07 Å². The Morgan fingerprint density at radius 2 is 2.31 bits per heavy atom. The smallest absolute Gasteiger partial charge is 0.271 e. The van der Waals surface area contributed by atoms with Crippen LogP contribution in [0.25, 0.3) is 0 Å². The van der Waals surface area contributed by atoms with Gasteiger partial charge in [-0.2, -0.15) is 5.26 Å². The molecular formula is C10H11ClN4O. The van der Waals surface area contributed by atoms with Crippen molar-refractivity contribution in [1.82, 2.24) is 15.3 Å². The number of carbonyl (C=O) groups is 1. The molecule has 1 heterocycles. The van der Waals surface area contributed by atoms with Gasteiger partial charge in [-0.25, -0.2) is 4.98 Å². The van der Waals surface area contributed by atoms with Crippen LogP contribution in [0.5, 0.6) is 0 Å². The van der Waals surface area contributed by atoms with Gasteiger partial charge in [-0.15, -0.1) is 0 Å². The first-order valence-corrected chi connectivity index (χ1v) is 5.24. The number of rotatable bonds is 5. The third-order valence-corrected chi connectivity index (χ3v) is 2.02. The van der Waals surface area contributed by atoms with E-state index in [1.54, 1.807) is 0 Å². The van der Waals surface area contributed by atoms with Crippen molar-refractivity contribution in [2.24, 2.45) is 0 Å². The third kappa shape index (κ3) is 4.24. The first-order valence-electron chi connectivity index (χ1n) is 4.86. The van der Waals surface area contributed by atoms with Gasteiger partial charge in [0.15, 0.2) is 0 Å². The van der Waals surface area contributed by atoms with Gasteiger partial charge in [-0.05, 0) is 12.8 Å². The molecule has 0 aliphatic rings. The SMILES string of the molecule is N#CCCCCNC(=O)c1cncc(Cl)n1. The zero-order valence-electron chi connectivity index (χ0n) is 8.61. The number of nitriles is 1. The summed E-state index contributed by atoms with van der Waals surface area (Å²) in [5, 5.41) is 11.2. The van der Waals surface area contributed by atoms with E-state index in [1.165, 1.54) is 12.4 Å². The van der Waals surface area contributed by atoms with E-state index in [1.807, 2.05) is 6.07 Å². The first-order chi connectivity index (χ1) is 7.74. The van der Waals surface area contributed by atoms with E-state index in [0.29, 0.717) is 13.0 Å². The lowest BCUT2D eigenvalue weighted by molar-refractivity contribution is 0.0947. The Morgan fingerprint density at radius 3 is 3.00 bits per heavy atom. The summed E-state index contributed by atoms with van der Waals surface area (Å²) in [6.45, 7) is 0.523. The summed E-state index contributed by atoms with van der Waals surface area (Å²) in [5.41, 5.74) is 0.202. The molecular weight excluding hydrogens is 228 g/mol. The van der Waals surface area contributed by atoms with Gasteiger partial charge in [0.1, 0.15) is 10.8 Å². The second-order valence-electron chi connectivity index (χ2n) is 3.10. The lowest BCUT2D eigenvalue weighted by atomic mass is 10.2. The molecule has 0 radical (unpaired) electrons. The van der Waals surface area contributed by atoms with Crippen LogP contribution < -0.4 is 5.32 Å². The highest BCUT2D eigenvalue weighted by Crippen LogP contribution is 2.02. The van der Waals surface area contributed by atoms with Crippen molar-refractivity contribution in [2.75, 3.05) is 6.54 Å². The Morgan fingerprint density at radius 1 is 1.50 bits per heavy atom. The lowest BCUT2D eigenvalue weighted by Gasteiger charge is -2.03. The number of nitrogens with one attached hydrogen (secondary N) is 1. The molecule has 0 fully saturated rings. The van der Waals surface area contributed by atoms with E-state index in [0.717, 1.165) is 12.8 Å². The van der Waals surface area contributed by atoms with Crippen molar-refractivity contribution in [2.45, 2.75) is 19.3 Å². The summed E-state index contributed by atoms with van der Waals surface area (Å²) in [6.07, 6.45) is 4.78. The predicted octanol–water partition coefficient (Wildman–Crippen LogP) is 1.55. The van der Waals surface area contributed by atoms with E-state index >= 15 is 0 Å². The largest absolute Gasteiger partial charge is 0.351 e. The standard InChI is InChI=1S/C10H11ClN4O/c11-9-7-13-6-8(15-9)10(16)14-5-3-1-2-4-12/h6-7H,1-3,5H2,(H,14,16). The van der Waals surface area contributed by atoms with Crippen LogP contribution in [0.3, 0.4) is 0 Å². The second-order valence-corrected chi connectivity index (χ2v) is 3.49. The van der Waals surface area contributed by atoms with Crippen LogP contribution in [0, 0.1) is 11.3 Å². The van der Waals surface area contributed by atoms with Crippen LogP contribution in [0.2, 0.25) is 5.15 Å². The van der Waals surface area contributed by atoms with E-state index < -0.39 is 0 Å². The number of amides is 1. The number of hydrogen-bond donors (Lipinski definition) is 1. The fraction of sp³-hybridized carbons (Fsp3) is 0.400. The maximum Gasteiger partial charge on any atom is 0.271 e. The summed E-state index contributed by atoms with van der Waals surface area (Å²) in [4.78, 5) is 19.1. The predicted molar refractivity (Wildman–Crippen MR) is 58.8 cm³/mol. The first kappa shape index (κ1) is 12.4. The minimum Gasteiger partial charge on any atom is -0.351 e. The van der Waals surface area contributed by atoms with Crippen molar-refractivity contribution >= 4 is 17.5 Å². The van der Waals surface area contributed by atoms with Gasteiger partial charge < -0.3 is 5.32 Å². The zero-order valence-corrected chi connectivity index (χ0v) is 9.37. The molecule has 6 heteroatoms. The Labute approximate surface area is 98.5 Å². The van der Waals surface area contributed by atoms with Gasteiger partial charge in [0.25, 0.3) is 5.91 Å². The molecule has 1 aromatic heterocycles. The minimum absolute atomic E-state index is 0.192. The number of aromatic nitrogens is 2. The maximum absolute atomic E-state index is 11.5. The Hall–Kier alpha value is -1.67. The van der Waals surface area contributed by atoms with Gasteiger partial charge in [0, 0.05) is 13.0 Å². The molecule has 0 bridgehead atoms. The summed E-state index contributed by atoms with van der Waals surface area (Å²) >= 11 is 5.60. The van der Waals surface area contributed by atoms with Crippen molar-refractivity contribution in [1.29, 1.82) is 5.26 Å². The summed E-state index contributed by atoms with van der Waals surface area (Å²) in [5.74, 6) is -0.299. The van der Waals surface area contributed by atoms with Crippen molar-refractivity contribution in [3.05, 3.63) is 23.2 Å². The van der Waals surface area contributed by atoms with Crippen LogP contribution in [-0.4, -0.2) is 22.4 Å². The molecule has 1 amide bonds. The fourth-order valence-electron chi connectivity index (χ4n) is 1.07. The number of unbranched alkanes of at least 4 members (excludes halogenated alkanes) is 2. The van der Waals surface area contributed by atoms with Gasteiger partial charge in [0.2, 0.25) is 0 Å². The topological polar surface area (TPSA) is 78.7 Å². The lowest BCUT2D eigenvalue weighted by Crippen LogP contribution is -2.25. The second kappa shape index (κ2) is 6.75. The molecule has 16 heavy (non-hydrogen) atoms. The summed E-state index contributed by atoms with van der Waals surface area (Å²) in [6, 6.07) is 2.04. The summed E-state index contributed by atoms with van der Waals surface area (Å²) < 4.78 is 0. The quantitative estimate of drug-likeness (QED) is 0.790. The van der Waals surface area contributed by atoms with Crippen molar-refractivity contribution in [3.63, 3.8) is 0 Å². The van der Waals surface area contributed by atoms with Crippen LogP contribution in [0.1, 0.15) is 29.8 Å². The van der Waals surface area contributed by atoms with Crippen LogP contribution in [-0.2, 0) is 0 Å². The fourth-order valence-corrected chi connectivity index (χ4v) is 1.22. The monoisotopic (exact) mass is 238 g/mol. The number of halogens is 1. The van der Waals surface area contributed by atoms with E-state index in [-0.39, 0.29) is 16.8 Å². The number of carbonyl (C=O) groups excluding carboxylic acids is 1. The zero-order chi connectivity index (χ0) is 11.8. The molecule has 0 aliphatic heterocycles. The molecule has 0 unspecified atom stereocenters. The minimum atomic E-state index is -0.299. The maximum atomic E-state index is 11.5. The highest BCUT2D eigenvalue weighted by Gasteiger charge is 2.06. The average Bonchev–Trinajstić information content (AvgIpc) is 2.28. The van der Waals surface area contributed by atoms with Gasteiger partial charge in [-0.3, -0.25) is 9.78 Å². The Kier molecular flexibility index (Phi) is 5.23. The molecule has 0 spiro atoms. The number of hydrogen-bond acceptors (Lipinski definition) is 4. The molecule has 84 valence electrons. The molecule has 0 saturated carbocycles. The average molecular weight is 239 g/mol. The molecule has 1 N–H and O–H groups in total. The molecule has 0 aromatic carbocycles. The highest BCUT2D eigenvalue weighted by atomic mass is 35.5. The third-order valence-electron chi connectivity index (χ3n) is 1.84. The van der Waals surface area contributed by atoms with Crippen LogP contribution >= 0.6 is 11.6 Å². The normalized spacial score (nSPS) is 9.50. The molecule has 0 saturated heterocycles. The molecule has 1 aromatic rings. The Balaban J connectivity index is 2.33. The molecule has 0 aliphatic carbocycles. The van der Waals surface area contributed by atoms with Gasteiger partial charge in [0.05, 0.1) is 18.5 Å². The highest BCUT2D eigenvalue weighted by molar-refractivity contribution is 6.29. The van der Waals surface area contributed by atoms with E-state index in [2.05, 4.69) is 15.3 Å². The molecule has 1 rings (SSSR count). The van der Waals surface area contributed by atoms with Crippen LogP contribution in [0.4, 0.5) is 0 Å². The molecule has 5 nitrogen and oxygen atoms in total. The number of nitrogens with zero attached hydrogens (tertiary/aromatic N) is 3. The van der Waals surface area contributed by atoms with Crippen LogP contribution in [0.15, 0.2) is 12.4 Å². The summed E-state index contributed by atoms with van der Waals surface area (Å²) in [7, 11) is 0. The van der Waals surface area contributed by atoms with Gasteiger partial charge >= 0.3 is 0 Å². The van der Waals surface area contributed by atoms with E-state index in [9.17, 15) is 4.79 Å². The van der Waals surface area contributed by atoms with Gasteiger partial charge in [-0.1, -0.05) is 11.6 Å². The van der Waals surface area contributed by atoms with Crippen molar-refractivity contribution < 1.29 is 4.79 Å². The Bertz CT molecular complexity index is 402. The molecule has 0 atom stereocenters. The van der Waals surface area contributed by atoms with E-state index in [4.69, 9.17) is 16.9 Å².